The van der Waals surface area contributed by atoms with Crippen molar-refractivity contribution < 1.29 is 27.1 Å². The molecule has 8 heteroatoms. The van der Waals surface area contributed by atoms with Crippen LogP contribution in [0.25, 0.3) is 0 Å². The summed E-state index contributed by atoms with van der Waals surface area (Å²) in [4.78, 5) is 12.3. The molecule has 1 aliphatic rings. The topological polar surface area (TPSA) is 72.9 Å². The number of halogens is 1. The smallest absolute Gasteiger partial charge is 0.310 e. The summed E-state index contributed by atoms with van der Waals surface area (Å²) in [5.74, 6) is -0.876. The SMILES string of the molecule is COc1ccc(COC(=O)Cc2ccc(S(=O)(=O)N3CCCCC3)cc2)cc1F. The lowest BCUT2D eigenvalue weighted by Crippen LogP contribution is -2.35. The van der Waals surface area contributed by atoms with Crippen molar-refractivity contribution in [1.82, 2.24) is 4.31 Å². The summed E-state index contributed by atoms with van der Waals surface area (Å²) in [6, 6.07) is 10.6. The van der Waals surface area contributed by atoms with Crippen LogP contribution in [0.5, 0.6) is 5.75 Å². The molecule has 6 nitrogen and oxygen atoms in total. The molecule has 3 rings (SSSR count). The van der Waals surface area contributed by atoms with Gasteiger partial charge in [-0.15, -0.1) is 0 Å². The largest absolute Gasteiger partial charge is 0.494 e. The fraction of sp³-hybridized carbons (Fsp3) is 0.381. The first kappa shape index (κ1) is 21.3. The van der Waals surface area contributed by atoms with Crippen LogP contribution in [-0.2, 0) is 32.6 Å². The maximum absolute atomic E-state index is 13.7. The van der Waals surface area contributed by atoms with Crippen molar-refractivity contribution >= 4 is 16.0 Å². The van der Waals surface area contributed by atoms with Crippen molar-refractivity contribution in [2.24, 2.45) is 0 Å². The number of rotatable bonds is 7. The predicted octanol–water partition coefficient (Wildman–Crippen LogP) is 3.29. The molecule has 0 spiro atoms. The summed E-state index contributed by atoms with van der Waals surface area (Å²) < 4.78 is 50.5. The summed E-state index contributed by atoms with van der Waals surface area (Å²) >= 11 is 0. The fourth-order valence-electron chi connectivity index (χ4n) is 3.21. The Labute approximate surface area is 170 Å². The molecule has 29 heavy (non-hydrogen) atoms. The number of ether oxygens (including phenoxy) is 2. The number of carbonyl (C=O) groups excluding carboxylic acids is 1. The molecule has 0 unspecified atom stereocenters. The average Bonchev–Trinajstić information content (AvgIpc) is 2.73. The average molecular weight is 421 g/mol. The van der Waals surface area contributed by atoms with Crippen molar-refractivity contribution in [3.63, 3.8) is 0 Å². The van der Waals surface area contributed by atoms with Gasteiger partial charge in [-0.3, -0.25) is 4.79 Å². The zero-order valence-corrected chi connectivity index (χ0v) is 17.1. The number of benzene rings is 2. The van der Waals surface area contributed by atoms with Crippen LogP contribution in [0.3, 0.4) is 0 Å². The molecule has 0 bridgehead atoms. The van der Waals surface area contributed by atoms with Crippen LogP contribution >= 0.6 is 0 Å². The molecule has 2 aromatic rings. The second-order valence-corrected chi connectivity index (χ2v) is 8.85. The molecular weight excluding hydrogens is 397 g/mol. The zero-order valence-electron chi connectivity index (χ0n) is 16.3. The third-order valence-electron chi connectivity index (χ3n) is 4.84. The fourth-order valence-corrected chi connectivity index (χ4v) is 4.73. The lowest BCUT2D eigenvalue weighted by atomic mass is 10.1. The summed E-state index contributed by atoms with van der Waals surface area (Å²) in [5.41, 5.74) is 1.16. The van der Waals surface area contributed by atoms with Crippen molar-refractivity contribution in [3.05, 3.63) is 59.4 Å². The summed E-state index contributed by atoms with van der Waals surface area (Å²) in [7, 11) is -2.12. The quantitative estimate of drug-likeness (QED) is 0.642. The summed E-state index contributed by atoms with van der Waals surface area (Å²) in [5, 5.41) is 0. The highest BCUT2D eigenvalue weighted by Crippen LogP contribution is 2.21. The number of methoxy groups -OCH3 is 1. The Morgan fingerprint density at radius 1 is 1.03 bits per heavy atom. The van der Waals surface area contributed by atoms with E-state index in [0.29, 0.717) is 24.2 Å². The molecule has 0 radical (unpaired) electrons. The number of piperidine rings is 1. The number of esters is 1. The highest BCUT2D eigenvalue weighted by molar-refractivity contribution is 7.89. The molecule has 0 saturated carbocycles. The van der Waals surface area contributed by atoms with E-state index in [1.165, 1.54) is 35.7 Å². The normalized spacial score (nSPS) is 15.1. The van der Waals surface area contributed by atoms with E-state index in [2.05, 4.69) is 0 Å². The molecule has 2 aromatic carbocycles. The minimum Gasteiger partial charge on any atom is -0.494 e. The van der Waals surface area contributed by atoms with E-state index >= 15 is 0 Å². The summed E-state index contributed by atoms with van der Waals surface area (Å²) in [6.07, 6.45) is 2.81. The maximum atomic E-state index is 13.7. The van der Waals surface area contributed by atoms with Crippen LogP contribution in [-0.4, -0.2) is 38.9 Å². The Hall–Kier alpha value is -2.45. The number of carbonyl (C=O) groups is 1. The van der Waals surface area contributed by atoms with Crippen molar-refractivity contribution in [3.8, 4) is 5.75 Å². The molecule has 0 amide bonds. The van der Waals surface area contributed by atoms with E-state index in [4.69, 9.17) is 9.47 Å². The van der Waals surface area contributed by atoms with Gasteiger partial charge in [-0.2, -0.15) is 4.31 Å². The first-order valence-corrected chi connectivity index (χ1v) is 10.9. The first-order chi connectivity index (χ1) is 13.9. The van der Waals surface area contributed by atoms with Gasteiger partial charge in [0.15, 0.2) is 11.6 Å². The van der Waals surface area contributed by atoms with Crippen LogP contribution in [0.1, 0.15) is 30.4 Å². The van der Waals surface area contributed by atoms with Gasteiger partial charge in [0, 0.05) is 13.1 Å². The highest BCUT2D eigenvalue weighted by Gasteiger charge is 2.25. The van der Waals surface area contributed by atoms with Gasteiger partial charge < -0.3 is 9.47 Å². The highest BCUT2D eigenvalue weighted by atomic mass is 32.2. The van der Waals surface area contributed by atoms with Crippen LogP contribution < -0.4 is 4.74 Å². The number of nitrogens with zero attached hydrogens (tertiary/aromatic N) is 1. The minimum atomic E-state index is -3.49. The third-order valence-corrected chi connectivity index (χ3v) is 6.75. The number of hydrogen-bond acceptors (Lipinski definition) is 5. The maximum Gasteiger partial charge on any atom is 0.310 e. The van der Waals surface area contributed by atoms with Crippen molar-refractivity contribution in [2.45, 2.75) is 37.2 Å². The Balaban J connectivity index is 1.56. The number of sulfonamides is 1. The summed E-state index contributed by atoms with van der Waals surface area (Å²) in [6.45, 7) is 1.03. The second-order valence-electron chi connectivity index (χ2n) is 6.92. The Bertz CT molecular complexity index is 954. The van der Waals surface area contributed by atoms with Gasteiger partial charge in [-0.1, -0.05) is 24.6 Å². The van der Waals surface area contributed by atoms with E-state index in [-0.39, 0.29) is 23.7 Å². The Morgan fingerprint density at radius 3 is 2.31 bits per heavy atom. The van der Waals surface area contributed by atoms with Crippen LogP contribution in [0.15, 0.2) is 47.4 Å². The third kappa shape index (κ3) is 5.33. The van der Waals surface area contributed by atoms with E-state index in [1.807, 2.05) is 0 Å². The second kappa shape index (κ2) is 9.37. The van der Waals surface area contributed by atoms with Crippen molar-refractivity contribution in [1.29, 1.82) is 0 Å². The molecule has 1 aliphatic heterocycles. The van der Waals surface area contributed by atoms with Gasteiger partial charge in [0.1, 0.15) is 6.61 Å². The molecule has 0 aliphatic carbocycles. The Kier molecular flexibility index (Phi) is 6.87. The molecule has 0 aromatic heterocycles. The standard InChI is InChI=1S/C21H24FNO5S/c1-27-20-10-7-17(13-19(20)22)15-28-21(24)14-16-5-8-18(9-6-16)29(25,26)23-11-3-2-4-12-23/h5-10,13H,2-4,11-12,14-15H2,1H3. The molecule has 0 N–H and O–H groups in total. The molecule has 1 fully saturated rings. The van der Waals surface area contributed by atoms with E-state index in [0.717, 1.165) is 19.3 Å². The van der Waals surface area contributed by atoms with Gasteiger partial charge in [0.25, 0.3) is 0 Å². The molecule has 1 saturated heterocycles. The van der Waals surface area contributed by atoms with Gasteiger partial charge in [0.2, 0.25) is 10.0 Å². The number of hydrogen-bond donors (Lipinski definition) is 0. The zero-order chi connectivity index (χ0) is 20.9. The predicted molar refractivity (Wildman–Crippen MR) is 106 cm³/mol. The van der Waals surface area contributed by atoms with E-state index in [9.17, 15) is 17.6 Å². The molecule has 156 valence electrons. The Morgan fingerprint density at radius 2 is 1.69 bits per heavy atom. The molecule has 0 atom stereocenters. The van der Waals surface area contributed by atoms with Crippen LogP contribution in [0.4, 0.5) is 4.39 Å². The van der Waals surface area contributed by atoms with E-state index < -0.39 is 21.8 Å². The lowest BCUT2D eigenvalue weighted by Gasteiger charge is -2.25. The van der Waals surface area contributed by atoms with Gasteiger partial charge in [-0.05, 0) is 48.2 Å². The minimum absolute atomic E-state index is 0.00266. The molecule has 1 heterocycles. The van der Waals surface area contributed by atoms with Crippen molar-refractivity contribution in [2.75, 3.05) is 20.2 Å². The van der Waals surface area contributed by atoms with Gasteiger partial charge in [-0.25, -0.2) is 12.8 Å². The van der Waals surface area contributed by atoms with E-state index in [1.54, 1.807) is 18.2 Å². The monoisotopic (exact) mass is 421 g/mol. The molecular formula is C21H24FNO5S. The first-order valence-electron chi connectivity index (χ1n) is 9.47. The van der Waals surface area contributed by atoms with Crippen LogP contribution in [0, 0.1) is 5.82 Å². The van der Waals surface area contributed by atoms with Crippen LogP contribution in [0.2, 0.25) is 0 Å². The lowest BCUT2D eigenvalue weighted by molar-refractivity contribution is -0.144. The van der Waals surface area contributed by atoms with Gasteiger partial charge >= 0.3 is 5.97 Å². The van der Waals surface area contributed by atoms with Gasteiger partial charge in [0.05, 0.1) is 18.4 Å².